The highest BCUT2D eigenvalue weighted by Gasteiger charge is 2.18. The summed E-state index contributed by atoms with van der Waals surface area (Å²) in [5.41, 5.74) is 2.47. The Labute approximate surface area is 163 Å². The summed E-state index contributed by atoms with van der Waals surface area (Å²) in [6.45, 7) is 0.256. The lowest BCUT2D eigenvalue weighted by atomic mass is 10.2. The van der Waals surface area contributed by atoms with Crippen LogP contribution in [0.3, 0.4) is 0 Å². The number of aromatic nitrogens is 3. The molecule has 1 aromatic carbocycles. The number of anilines is 3. The van der Waals surface area contributed by atoms with E-state index in [1.54, 1.807) is 6.20 Å². The van der Waals surface area contributed by atoms with Crippen LogP contribution in [0, 0.1) is 0 Å². The van der Waals surface area contributed by atoms with Crippen LogP contribution in [0.4, 0.5) is 17.5 Å². The van der Waals surface area contributed by atoms with Crippen LogP contribution in [0.1, 0.15) is 25.7 Å². The van der Waals surface area contributed by atoms with E-state index in [9.17, 15) is 0 Å². The number of rotatable bonds is 5. The molecule has 7 heteroatoms. The number of hydrogen-bond acceptors (Lipinski definition) is 7. The van der Waals surface area contributed by atoms with Gasteiger partial charge in [0, 0.05) is 30.1 Å². The molecule has 1 aliphatic heterocycles. The summed E-state index contributed by atoms with van der Waals surface area (Å²) in [5.74, 6) is 2.81. The largest absolute Gasteiger partial charge is 0.454 e. The lowest BCUT2D eigenvalue weighted by Crippen LogP contribution is -2.17. The topological polar surface area (TPSA) is 81.2 Å². The molecule has 0 radical (unpaired) electrons. The molecule has 1 aliphatic carbocycles. The van der Waals surface area contributed by atoms with Crippen molar-refractivity contribution in [2.24, 2.45) is 0 Å². The molecule has 142 valence electrons. The first kappa shape index (κ1) is 16.8. The summed E-state index contributed by atoms with van der Waals surface area (Å²) in [6, 6.07) is 13.9. The summed E-state index contributed by atoms with van der Waals surface area (Å²) in [4.78, 5) is 13.8. The molecule has 0 bridgehead atoms. The molecule has 0 unspecified atom stereocenters. The maximum absolute atomic E-state index is 5.46. The highest BCUT2D eigenvalue weighted by atomic mass is 16.7. The first-order valence-electron chi connectivity index (χ1n) is 9.57. The van der Waals surface area contributed by atoms with Crippen LogP contribution >= 0.6 is 0 Å². The van der Waals surface area contributed by atoms with Crippen LogP contribution in [0.15, 0.2) is 48.7 Å². The van der Waals surface area contributed by atoms with Crippen molar-refractivity contribution >= 4 is 17.5 Å². The first-order chi connectivity index (χ1) is 13.8. The van der Waals surface area contributed by atoms with Crippen LogP contribution in [-0.4, -0.2) is 27.8 Å². The summed E-state index contributed by atoms with van der Waals surface area (Å²) in [6.07, 6.45) is 6.58. The van der Waals surface area contributed by atoms with E-state index in [1.807, 2.05) is 42.5 Å². The Balaban J connectivity index is 1.47. The van der Waals surface area contributed by atoms with Crippen molar-refractivity contribution in [2.75, 3.05) is 17.4 Å². The van der Waals surface area contributed by atoms with Gasteiger partial charge < -0.3 is 20.1 Å². The average Bonchev–Trinajstić information content (AvgIpc) is 3.40. The highest BCUT2D eigenvalue weighted by Crippen LogP contribution is 2.35. The standard InChI is InChI=1S/C21H21N5O2/c1-2-6-14(5-1)24-21-25-17(16-7-3-4-10-22-16)12-20(26-21)23-15-8-9-18-19(11-15)28-13-27-18/h3-4,7-12,14H,1-2,5-6,13H2,(H2,23,24,25,26). The van der Waals surface area contributed by atoms with E-state index in [4.69, 9.17) is 14.5 Å². The van der Waals surface area contributed by atoms with Crippen molar-refractivity contribution in [3.63, 3.8) is 0 Å². The van der Waals surface area contributed by atoms with Gasteiger partial charge in [0.1, 0.15) is 5.82 Å². The van der Waals surface area contributed by atoms with Crippen molar-refractivity contribution < 1.29 is 9.47 Å². The summed E-state index contributed by atoms with van der Waals surface area (Å²) < 4.78 is 10.8. The maximum atomic E-state index is 5.46. The van der Waals surface area contributed by atoms with Crippen molar-refractivity contribution in [3.8, 4) is 22.9 Å². The Hall–Kier alpha value is -3.35. The molecule has 2 aliphatic rings. The van der Waals surface area contributed by atoms with Crippen molar-refractivity contribution in [2.45, 2.75) is 31.7 Å². The second kappa shape index (κ2) is 7.34. The molecule has 28 heavy (non-hydrogen) atoms. The second-order valence-electron chi connectivity index (χ2n) is 7.00. The van der Waals surface area contributed by atoms with Gasteiger partial charge in [0.2, 0.25) is 12.7 Å². The minimum Gasteiger partial charge on any atom is -0.454 e. The Morgan fingerprint density at radius 2 is 1.79 bits per heavy atom. The average molecular weight is 375 g/mol. The van der Waals surface area contributed by atoms with Crippen molar-refractivity contribution in [1.29, 1.82) is 0 Å². The zero-order valence-corrected chi connectivity index (χ0v) is 15.4. The van der Waals surface area contributed by atoms with Crippen LogP contribution in [0.2, 0.25) is 0 Å². The van der Waals surface area contributed by atoms with Crippen molar-refractivity contribution in [3.05, 3.63) is 48.7 Å². The van der Waals surface area contributed by atoms with Gasteiger partial charge >= 0.3 is 0 Å². The molecule has 2 N–H and O–H groups in total. The number of pyridine rings is 1. The Morgan fingerprint density at radius 1 is 0.893 bits per heavy atom. The van der Waals surface area contributed by atoms with E-state index in [0.717, 1.165) is 41.4 Å². The van der Waals surface area contributed by atoms with Gasteiger partial charge in [-0.3, -0.25) is 4.98 Å². The van der Waals surface area contributed by atoms with E-state index in [-0.39, 0.29) is 6.79 Å². The summed E-state index contributed by atoms with van der Waals surface area (Å²) >= 11 is 0. The number of fused-ring (bicyclic) bond motifs is 1. The predicted molar refractivity (Wildman–Crippen MR) is 107 cm³/mol. The number of ether oxygens (including phenoxy) is 2. The molecule has 3 aromatic rings. The predicted octanol–water partition coefficient (Wildman–Crippen LogP) is 4.37. The van der Waals surface area contributed by atoms with Crippen LogP contribution < -0.4 is 20.1 Å². The van der Waals surface area contributed by atoms with E-state index in [2.05, 4.69) is 20.6 Å². The molecular formula is C21H21N5O2. The smallest absolute Gasteiger partial charge is 0.231 e. The third kappa shape index (κ3) is 3.55. The lowest BCUT2D eigenvalue weighted by Gasteiger charge is -2.15. The molecular weight excluding hydrogens is 354 g/mol. The fourth-order valence-corrected chi connectivity index (χ4v) is 3.60. The number of nitrogens with zero attached hydrogens (tertiary/aromatic N) is 3. The molecule has 0 atom stereocenters. The van der Waals surface area contributed by atoms with Gasteiger partial charge in [-0.15, -0.1) is 0 Å². The van der Waals surface area contributed by atoms with Crippen LogP contribution in [0.5, 0.6) is 11.5 Å². The number of nitrogens with one attached hydrogen (secondary N) is 2. The molecule has 0 amide bonds. The Bertz CT molecular complexity index is 974. The maximum Gasteiger partial charge on any atom is 0.231 e. The SMILES string of the molecule is c1ccc(-c2cc(Nc3ccc4c(c3)OCO4)nc(NC3CCCC3)n2)nc1. The fraction of sp³-hybridized carbons (Fsp3) is 0.286. The number of hydrogen-bond donors (Lipinski definition) is 2. The van der Waals surface area contributed by atoms with E-state index < -0.39 is 0 Å². The molecule has 1 fully saturated rings. The number of benzene rings is 1. The van der Waals surface area contributed by atoms with Gasteiger partial charge in [0.25, 0.3) is 0 Å². The quantitative estimate of drug-likeness (QED) is 0.685. The van der Waals surface area contributed by atoms with E-state index >= 15 is 0 Å². The summed E-state index contributed by atoms with van der Waals surface area (Å²) in [5, 5.41) is 6.84. The van der Waals surface area contributed by atoms with Gasteiger partial charge in [-0.1, -0.05) is 18.9 Å². The van der Waals surface area contributed by atoms with Crippen molar-refractivity contribution in [1.82, 2.24) is 15.0 Å². The minimum atomic E-state index is 0.256. The zero-order chi connectivity index (χ0) is 18.8. The molecule has 3 heterocycles. The van der Waals surface area contributed by atoms with Gasteiger partial charge in [-0.05, 0) is 37.1 Å². The van der Waals surface area contributed by atoms with Gasteiger partial charge in [0.15, 0.2) is 11.5 Å². The molecule has 1 saturated carbocycles. The monoisotopic (exact) mass is 375 g/mol. The Morgan fingerprint density at radius 3 is 2.64 bits per heavy atom. The zero-order valence-electron chi connectivity index (χ0n) is 15.4. The molecule has 2 aromatic heterocycles. The highest BCUT2D eigenvalue weighted by molar-refractivity contribution is 5.67. The Kier molecular flexibility index (Phi) is 4.40. The molecule has 7 nitrogen and oxygen atoms in total. The van der Waals surface area contributed by atoms with Gasteiger partial charge in [0.05, 0.1) is 11.4 Å². The molecule has 5 rings (SSSR count). The van der Waals surface area contributed by atoms with Crippen LogP contribution in [0.25, 0.3) is 11.4 Å². The fourth-order valence-electron chi connectivity index (χ4n) is 3.60. The molecule has 0 saturated heterocycles. The van der Waals surface area contributed by atoms with E-state index in [1.165, 1.54) is 12.8 Å². The lowest BCUT2D eigenvalue weighted by molar-refractivity contribution is 0.174. The third-order valence-corrected chi connectivity index (χ3v) is 4.99. The van der Waals surface area contributed by atoms with E-state index in [0.29, 0.717) is 17.8 Å². The summed E-state index contributed by atoms with van der Waals surface area (Å²) in [7, 11) is 0. The van der Waals surface area contributed by atoms with Crippen LogP contribution in [-0.2, 0) is 0 Å². The second-order valence-corrected chi connectivity index (χ2v) is 7.00. The molecule has 0 spiro atoms. The third-order valence-electron chi connectivity index (χ3n) is 4.99. The minimum absolute atomic E-state index is 0.256. The normalized spacial score (nSPS) is 15.6. The van der Waals surface area contributed by atoms with Gasteiger partial charge in [-0.2, -0.15) is 4.98 Å². The van der Waals surface area contributed by atoms with Gasteiger partial charge in [-0.25, -0.2) is 4.98 Å². The first-order valence-corrected chi connectivity index (χ1v) is 9.57.